The van der Waals surface area contributed by atoms with Crippen LogP contribution in [0, 0.1) is 0 Å². The molecule has 0 fully saturated rings. The number of carbonyl (C=O) groups excluding carboxylic acids is 2. The van der Waals surface area contributed by atoms with Crippen LogP contribution in [0.2, 0.25) is 0 Å². The number of nitrogens with one attached hydrogen (secondary N) is 3. The molecule has 2 aromatic rings. The molecule has 0 aliphatic carbocycles. The molecule has 0 spiro atoms. The van der Waals surface area contributed by atoms with Crippen molar-refractivity contribution >= 4 is 24.2 Å². The highest BCUT2D eigenvalue weighted by Crippen LogP contribution is 2.14. The predicted molar refractivity (Wildman–Crippen MR) is 107 cm³/mol. The van der Waals surface area contributed by atoms with Crippen molar-refractivity contribution < 1.29 is 9.59 Å². The Morgan fingerprint density at radius 1 is 0.885 bits per heavy atom. The lowest BCUT2D eigenvalue weighted by Gasteiger charge is -2.19. The Kier molecular flexibility index (Phi) is 10.1. The van der Waals surface area contributed by atoms with E-state index in [-0.39, 0.29) is 24.2 Å². The molecule has 0 aliphatic heterocycles. The normalized spacial score (nSPS) is 11.1. The van der Waals surface area contributed by atoms with Crippen molar-refractivity contribution in [3.05, 3.63) is 71.8 Å². The van der Waals surface area contributed by atoms with Gasteiger partial charge in [0.1, 0.15) is 6.04 Å². The summed E-state index contributed by atoms with van der Waals surface area (Å²) in [6, 6.07) is 17.4. The predicted octanol–water partition coefficient (Wildman–Crippen LogP) is 2.70. The maximum absolute atomic E-state index is 12.6. The molecule has 140 valence electrons. The summed E-state index contributed by atoms with van der Waals surface area (Å²) in [6.45, 7) is 4.23. The molecule has 1 atom stereocenters. The second-order valence-corrected chi connectivity index (χ2v) is 5.72. The molecule has 0 radical (unpaired) electrons. The molecule has 1 unspecified atom stereocenters. The highest BCUT2D eigenvalue weighted by atomic mass is 35.5. The van der Waals surface area contributed by atoms with E-state index in [1.54, 1.807) is 24.3 Å². The average Bonchev–Trinajstić information content (AvgIpc) is 2.67. The maximum Gasteiger partial charge on any atom is 0.252 e. The van der Waals surface area contributed by atoms with Crippen molar-refractivity contribution in [3.8, 4) is 0 Å². The Morgan fingerprint density at radius 2 is 1.50 bits per heavy atom. The van der Waals surface area contributed by atoms with Gasteiger partial charge in [-0.2, -0.15) is 0 Å². The van der Waals surface area contributed by atoms with Crippen LogP contribution in [0.5, 0.6) is 0 Å². The molecule has 2 rings (SSSR count). The number of amides is 2. The Balaban J connectivity index is 0.00000338. The smallest absolute Gasteiger partial charge is 0.252 e. The summed E-state index contributed by atoms with van der Waals surface area (Å²) in [5.74, 6) is -0.484. The summed E-state index contributed by atoms with van der Waals surface area (Å²) in [6.07, 6.45) is 1.05. The Morgan fingerprint density at radius 3 is 2.12 bits per heavy atom. The number of hydrogen-bond acceptors (Lipinski definition) is 3. The van der Waals surface area contributed by atoms with Gasteiger partial charge in [-0.05, 0) is 30.7 Å². The summed E-state index contributed by atoms with van der Waals surface area (Å²) >= 11 is 0. The lowest BCUT2D eigenvalue weighted by atomic mass is 10.1. The van der Waals surface area contributed by atoms with E-state index in [1.807, 2.05) is 36.4 Å². The highest BCUT2D eigenvalue weighted by molar-refractivity contribution is 5.97. The van der Waals surface area contributed by atoms with E-state index in [0.29, 0.717) is 18.7 Å². The largest absolute Gasteiger partial charge is 0.353 e. The molecular formula is C20H26ClN3O2. The van der Waals surface area contributed by atoms with Crippen molar-refractivity contribution in [1.82, 2.24) is 16.0 Å². The molecule has 0 saturated carbocycles. The molecule has 3 N–H and O–H groups in total. The fourth-order valence-corrected chi connectivity index (χ4v) is 2.43. The molecule has 2 amide bonds. The van der Waals surface area contributed by atoms with Crippen LogP contribution in [0.15, 0.2) is 60.7 Å². The Labute approximate surface area is 161 Å². The molecule has 5 nitrogen and oxygen atoms in total. The van der Waals surface area contributed by atoms with Crippen molar-refractivity contribution in [2.24, 2.45) is 0 Å². The van der Waals surface area contributed by atoms with E-state index in [0.717, 1.165) is 18.5 Å². The minimum absolute atomic E-state index is 0. The molecule has 0 aliphatic rings. The monoisotopic (exact) mass is 375 g/mol. The number of hydrogen-bond donors (Lipinski definition) is 3. The van der Waals surface area contributed by atoms with Crippen molar-refractivity contribution in [2.75, 3.05) is 19.6 Å². The van der Waals surface area contributed by atoms with E-state index in [4.69, 9.17) is 0 Å². The summed E-state index contributed by atoms with van der Waals surface area (Å²) in [4.78, 5) is 25.0. The lowest BCUT2D eigenvalue weighted by molar-refractivity contribution is -0.123. The average molecular weight is 376 g/mol. The first-order valence-electron chi connectivity index (χ1n) is 8.61. The zero-order chi connectivity index (χ0) is 17.9. The fraction of sp³-hybridized carbons (Fsp3) is 0.300. The van der Waals surface area contributed by atoms with Gasteiger partial charge in [0.05, 0.1) is 0 Å². The quantitative estimate of drug-likeness (QED) is 0.590. The Hall–Kier alpha value is -2.37. The number of rotatable bonds is 9. The van der Waals surface area contributed by atoms with Crippen LogP contribution in [0.1, 0.15) is 35.3 Å². The van der Waals surface area contributed by atoms with Crippen LogP contribution in [0.25, 0.3) is 0 Å². The second kappa shape index (κ2) is 12.1. The minimum Gasteiger partial charge on any atom is -0.353 e. The first-order chi connectivity index (χ1) is 12.2. The second-order valence-electron chi connectivity index (χ2n) is 5.72. The summed E-state index contributed by atoms with van der Waals surface area (Å²) in [5.41, 5.74) is 1.28. The van der Waals surface area contributed by atoms with Crippen LogP contribution < -0.4 is 16.0 Å². The van der Waals surface area contributed by atoms with Crippen LogP contribution in [0.4, 0.5) is 0 Å². The van der Waals surface area contributed by atoms with E-state index < -0.39 is 6.04 Å². The third-order valence-electron chi connectivity index (χ3n) is 3.73. The van der Waals surface area contributed by atoms with Crippen LogP contribution in [-0.2, 0) is 4.79 Å². The molecule has 0 aromatic heterocycles. The van der Waals surface area contributed by atoms with Gasteiger partial charge in [0.2, 0.25) is 5.91 Å². The third-order valence-corrected chi connectivity index (χ3v) is 3.73. The topological polar surface area (TPSA) is 70.2 Å². The summed E-state index contributed by atoms with van der Waals surface area (Å²) in [7, 11) is 0. The van der Waals surface area contributed by atoms with E-state index in [1.165, 1.54) is 0 Å². The fourth-order valence-electron chi connectivity index (χ4n) is 2.43. The molecule has 6 heteroatoms. The van der Waals surface area contributed by atoms with Crippen molar-refractivity contribution in [3.63, 3.8) is 0 Å². The van der Waals surface area contributed by atoms with Crippen LogP contribution >= 0.6 is 12.4 Å². The van der Waals surface area contributed by atoms with E-state index in [2.05, 4.69) is 22.9 Å². The molecule has 0 heterocycles. The van der Waals surface area contributed by atoms with Gasteiger partial charge in [-0.25, -0.2) is 0 Å². The SMILES string of the molecule is CCCNCCNC(=O)C(NC(=O)c1ccccc1)c1ccccc1.Cl. The lowest BCUT2D eigenvalue weighted by Crippen LogP contribution is -2.42. The zero-order valence-corrected chi connectivity index (χ0v) is 15.7. The zero-order valence-electron chi connectivity index (χ0n) is 14.9. The molecular weight excluding hydrogens is 350 g/mol. The minimum atomic E-state index is -0.722. The van der Waals surface area contributed by atoms with Gasteiger partial charge >= 0.3 is 0 Å². The highest BCUT2D eigenvalue weighted by Gasteiger charge is 2.22. The number of benzene rings is 2. The Bertz CT molecular complexity index is 665. The van der Waals surface area contributed by atoms with Crippen molar-refractivity contribution in [1.29, 1.82) is 0 Å². The van der Waals surface area contributed by atoms with Crippen LogP contribution in [0.3, 0.4) is 0 Å². The standard InChI is InChI=1S/C20H25N3O2.ClH/c1-2-13-21-14-15-22-20(25)18(16-9-5-3-6-10-16)23-19(24)17-11-7-4-8-12-17;/h3-12,18,21H,2,13-15H2,1H3,(H,22,25)(H,23,24);1H. The molecule has 0 bridgehead atoms. The van der Waals surface area contributed by atoms with Gasteiger partial charge in [-0.15, -0.1) is 12.4 Å². The van der Waals surface area contributed by atoms with Gasteiger partial charge in [-0.3, -0.25) is 9.59 Å². The van der Waals surface area contributed by atoms with Gasteiger partial charge in [0.25, 0.3) is 5.91 Å². The maximum atomic E-state index is 12.6. The van der Waals surface area contributed by atoms with Crippen molar-refractivity contribution in [2.45, 2.75) is 19.4 Å². The van der Waals surface area contributed by atoms with Gasteiger partial charge < -0.3 is 16.0 Å². The van der Waals surface area contributed by atoms with E-state index in [9.17, 15) is 9.59 Å². The number of carbonyl (C=O) groups is 2. The molecule has 2 aromatic carbocycles. The van der Waals surface area contributed by atoms with Gasteiger partial charge in [-0.1, -0.05) is 55.5 Å². The first kappa shape index (κ1) is 21.7. The van der Waals surface area contributed by atoms with Crippen LogP contribution in [-0.4, -0.2) is 31.4 Å². The first-order valence-corrected chi connectivity index (χ1v) is 8.61. The molecule has 26 heavy (non-hydrogen) atoms. The van der Waals surface area contributed by atoms with Gasteiger partial charge in [0.15, 0.2) is 0 Å². The molecule has 0 saturated heterocycles. The summed E-state index contributed by atoms with van der Waals surface area (Å²) in [5, 5.41) is 8.94. The number of halogens is 1. The summed E-state index contributed by atoms with van der Waals surface area (Å²) < 4.78 is 0. The third kappa shape index (κ3) is 6.86. The van der Waals surface area contributed by atoms with Gasteiger partial charge in [0, 0.05) is 18.7 Å². The van der Waals surface area contributed by atoms with E-state index >= 15 is 0 Å².